The molecule has 0 aromatic carbocycles. The van der Waals surface area contributed by atoms with Gasteiger partial charge in [-0.15, -0.1) is 0 Å². The van der Waals surface area contributed by atoms with Gasteiger partial charge in [-0.1, -0.05) is 0 Å². The zero-order valence-corrected chi connectivity index (χ0v) is 8.66. The first-order valence-electron chi connectivity index (χ1n) is 4.33. The van der Waals surface area contributed by atoms with E-state index >= 15 is 0 Å². The molecule has 0 saturated heterocycles. The monoisotopic (exact) mass is 209 g/mol. The quantitative estimate of drug-likeness (QED) is 0.813. The van der Waals surface area contributed by atoms with Gasteiger partial charge in [0.15, 0.2) is 0 Å². The Labute approximate surface area is 86.0 Å². The van der Waals surface area contributed by atoms with Crippen molar-refractivity contribution in [2.75, 3.05) is 11.9 Å². The van der Waals surface area contributed by atoms with Crippen molar-refractivity contribution >= 4 is 16.7 Å². The minimum absolute atomic E-state index is 0.839. The molecule has 0 unspecified atom stereocenters. The summed E-state index contributed by atoms with van der Waals surface area (Å²) in [5.41, 5.74) is 1.09. The first-order chi connectivity index (χ1) is 6.84. The van der Waals surface area contributed by atoms with Gasteiger partial charge >= 0.3 is 0 Å². The van der Waals surface area contributed by atoms with Crippen LogP contribution >= 0.6 is 11.5 Å². The van der Waals surface area contributed by atoms with Gasteiger partial charge in [-0.25, -0.2) is 4.98 Å². The lowest BCUT2D eigenvalue weighted by atomic mass is 10.3. The van der Waals surface area contributed by atoms with Crippen LogP contribution in [0.4, 0.5) is 5.13 Å². The van der Waals surface area contributed by atoms with Crippen LogP contribution in [-0.4, -0.2) is 25.7 Å². The van der Waals surface area contributed by atoms with Crippen LogP contribution in [0.2, 0.25) is 0 Å². The lowest BCUT2D eigenvalue weighted by molar-refractivity contribution is 0.742. The molecule has 0 aliphatic carbocycles. The molecule has 0 spiro atoms. The third kappa shape index (κ3) is 2.29. The van der Waals surface area contributed by atoms with Gasteiger partial charge in [-0.05, 0) is 6.07 Å². The van der Waals surface area contributed by atoms with Gasteiger partial charge in [-0.3, -0.25) is 4.68 Å². The Kier molecular flexibility index (Phi) is 2.73. The van der Waals surface area contributed by atoms with Crippen LogP contribution in [0.1, 0.15) is 5.69 Å². The fraction of sp³-hybridized carbons (Fsp3) is 0.375. The molecule has 2 heterocycles. The Morgan fingerprint density at radius 3 is 3.14 bits per heavy atom. The summed E-state index contributed by atoms with van der Waals surface area (Å²) < 4.78 is 5.71. The molecule has 0 amide bonds. The van der Waals surface area contributed by atoms with Gasteiger partial charge in [-0.2, -0.15) is 9.47 Å². The van der Waals surface area contributed by atoms with Crippen molar-refractivity contribution in [1.82, 2.24) is 19.1 Å². The van der Waals surface area contributed by atoms with Gasteiger partial charge in [0.2, 0.25) is 5.13 Å². The zero-order valence-electron chi connectivity index (χ0n) is 7.84. The Morgan fingerprint density at radius 1 is 1.57 bits per heavy atom. The normalized spacial score (nSPS) is 10.4. The van der Waals surface area contributed by atoms with Crippen LogP contribution in [0, 0.1) is 0 Å². The second-order valence-electron chi connectivity index (χ2n) is 2.90. The maximum Gasteiger partial charge on any atom is 0.202 e. The van der Waals surface area contributed by atoms with Crippen molar-refractivity contribution in [2.45, 2.75) is 6.42 Å². The molecular formula is C8H11N5S. The van der Waals surface area contributed by atoms with Crippen molar-refractivity contribution in [3.05, 3.63) is 24.3 Å². The number of aryl methyl sites for hydroxylation is 1. The fourth-order valence-electron chi connectivity index (χ4n) is 1.15. The van der Waals surface area contributed by atoms with E-state index in [-0.39, 0.29) is 0 Å². The van der Waals surface area contributed by atoms with Gasteiger partial charge in [0.05, 0.1) is 5.69 Å². The third-order valence-corrected chi connectivity index (χ3v) is 2.41. The summed E-state index contributed by atoms with van der Waals surface area (Å²) in [5.74, 6) is 0. The minimum atomic E-state index is 0.839. The Morgan fingerprint density at radius 2 is 2.50 bits per heavy atom. The molecule has 0 radical (unpaired) electrons. The number of hydrogen-bond donors (Lipinski definition) is 1. The number of anilines is 1. The van der Waals surface area contributed by atoms with Crippen molar-refractivity contribution < 1.29 is 0 Å². The molecule has 0 fully saturated rings. The maximum absolute atomic E-state index is 4.27. The van der Waals surface area contributed by atoms with E-state index in [4.69, 9.17) is 0 Å². The Balaban J connectivity index is 1.78. The SMILES string of the molecule is Cn1ccc(CCNc2ncns2)n1. The first-order valence-corrected chi connectivity index (χ1v) is 5.11. The van der Waals surface area contributed by atoms with Crippen LogP contribution in [0.5, 0.6) is 0 Å². The number of hydrogen-bond acceptors (Lipinski definition) is 5. The summed E-state index contributed by atoms with van der Waals surface area (Å²) in [7, 11) is 1.92. The molecule has 14 heavy (non-hydrogen) atoms. The summed E-state index contributed by atoms with van der Waals surface area (Å²) in [6.07, 6.45) is 4.40. The highest BCUT2D eigenvalue weighted by Crippen LogP contribution is 2.06. The van der Waals surface area contributed by atoms with E-state index in [1.807, 2.05) is 19.3 Å². The van der Waals surface area contributed by atoms with Gasteiger partial charge in [0.1, 0.15) is 6.33 Å². The highest BCUT2D eigenvalue weighted by atomic mass is 32.1. The smallest absolute Gasteiger partial charge is 0.202 e. The first kappa shape index (κ1) is 9.14. The molecular weight excluding hydrogens is 198 g/mol. The summed E-state index contributed by atoms with van der Waals surface area (Å²) >= 11 is 1.37. The number of rotatable bonds is 4. The van der Waals surface area contributed by atoms with E-state index in [0.29, 0.717) is 0 Å². The largest absolute Gasteiger partial charge is 0.360 e. The third-order valence-electron chi connectivity index (χ3n) is 1.79. The van der Waals surface area contributed by atoms with E-state index in [0.717, 1.165) is 23.8 Å². The molecule has 1 N–H and O–H groups in total. The Hall–Kier alpha value is -1.43. The van der Waals surface area contributed by atoms with Crippen molar-refractivity contribution in [3.63, 3.8) is 0 Å². The number of aromatic nitrogens is 4. The van der Waals surface area contributed by atoms with Crippen molar-refractivity contribution in [2.24, 2.45) is 7.05 Å². The highest BCUT2D eigenvalue weighted by Gasteiger charge is 1.98. The minimum Gasteiger partial charge on any atom is -0.360 e. The van der Waals surface area contributed by atoms with Crippen LogP contribution in [0.15, 0.2) is 18.6 Å². The van der Waals surface area contributed by atoms with Crippen LogP contribution in [0.3, 0.4) is 0 Å². The molecule has 0 aliphatic rings. The van der Waals surface area contributed by atoms with Crippen LogP contribution in [0.25, 0.3) is 0 Å². The van der Waals surface area contributed by atoms with E-state index in [1.165, 1.54) is 11.5 Å². The summed E-state index contributed by atoms with van der Waals surface area (Å²) in [6, 6.07) is 2.02. The molecule has 2 aromatic heterocycles. The topological polar surface area (TPSA) is 55.6 Å². The van der Waals surface area contributed by atoms with Gasteiger partial charge in [0.25, 0.3) is 0 Å². The number of nitrogens with one attached hydrogen (secondary N) is 1. The van der Waals surface area contributed by atoms with E-state index in [1.54, 1.807) is 11.0 Å². The second kappa shape index (κ2) is 4.19. The summed E-state index contributed by atoms with van der Waals surface area (Å²) in [5, 5.41) is 8.31. The van der Waals surface area contributed by atoms with Gasteiger partial charge in [0, 0.05) is 37.7 Å². The van der Waals surface area contributed by atoms with E-state index in [2.05, 4.69) is 19.8 Å². The van der Waals surface area contributed by atoms with Crippen LogP contribution < -0.4 is 5.32 Å². The highest BCUT2D eigenvalue weighted by molar-refractivity contribution is 7.09. The lowest BCUT2D eigenvalue weighted by Crippen LogP contribution is -2.05. The summed E-state index contributed by atoms with van der Waals surface area (Å²) in [4.78, 5) is 4.02. The molecule has 0 atom stereocenters. The van der Waals surface area contributed by atoms with Crippen LogP contribution in [-0.2, 0) is 13.5 Å². The molecule has 2 rings (SSSR count). The van der Waals surface area contributed by atoms with E-state index < -0.39 is 0 Å². The fourth-order valence-corrected chi connectivity index (χ4v) is 1.60. The van der Waals surface area contributed by atoms with Crippen molar-refractivity contribution in [1.29, 1.82) is 0 Å². The molecule has 6 heteroatoms. The average Bonchev–Trinajstić information content (AvgIpc) is 2.77. The predicted octanol–water partition coefficient (Wildman–Crippen LogP) is 0.926. The molecule has 0 saturated carbocycles. The second-order valence-corrected chi connectivity index (χ2v) is 3.68. The maximum atomic E-state index is 4.27. The lowest BCUT2D eigenvalue weighted by Gasteiger charge is -1.98. The Bertz CT molecular complexity index is 380. The number of nitrogens with zero attached hydrogens (tertiary/aromatic N) is 4. The molecule has 2 aromatic rings. The molecule has 0 aliphatic heterocycles. The van der Waals surface area contributed by atoms with Gasteiger partial charge < -0.3 is 5.32 Å². The molecule has 74 valence electrons. The average molecular weight is 209 g/mol. The zero-order chi connectivity index (χ0) is 9.80. The standard InChI is InChI=1S/C8H11N5S/c1-13-5-3-7(12-13)2-4-9-8-10-6-11-14-8/h3,5-6H,2,4H2,1H3,(H,9,10,11). The van der Waals surface area contributed by atoms with Crippen molar-refractivity contribution in [3.8, 4) is 0 Å². The molecule has 5 nitrogen and oxygen atoms in total. The predicted molar refractivity (Wildman–Crippen MR) is 55.3 cm³/mol. The summed E-state index contributed by atoms with van der Waals surface area (Å²) in [6.45, 7) is 0.839. The molecule has 0 bridgehead atoms. The van der Waals surface area contributed by atoms with E-state index in [9.17, 15) is 0 Å².